The first-order valence-electron chi connectivity index (χ1n) is 6.03. The van der Waals surface area contributed by atoms with E-state index in [9.17, 15) is 4.79 Å². The van der Waals surface area contributed by atoms with Gasteiger partial charge >= 0.3 is 0 Å². The Hall–Kier alpha value is -1.77. The molecule has 0 aliphatic carbocycles. The normalized spacial score (nSPS) is 13.1. The number of anilines is 1. The number of nitrogens with zero attached hydrogens (tertiary/aromatic N) is 2. The largest absolute Gasteiger partial charge is 0.486 e. The molecule has 104 valence electrons. The Kier molecular flexibility index (Phi) is 3.51. The Morgan fingerprint density at radius 2 is 2.10 bits per heavy atom. The number of nitrogens with one attached hydrogen (secondary N) is 1. The molecule has 0 bridgehead atoms. The van der Waals surface area contributed by atoms with Gasteiger partial charge in [0.15, 0.2) is 11.5 Å². The summed E-state index contributed by atoms with van der Waals surface area (Å²) < 4.78 is 13.3. The standard InChI is InChI=1S/C13H12IN3O3/c1-17-12(9(14)7-15-17)13(18)16-8-2-3-10-11(6-8)20-5-4-19-10/h2-3,6-7H,4-5H2,1H3,(H,16,18). The monoisotopic (exact) mass is 385 g/mol. The first-order chi connectivity index (χ1) is 9.65. The third-order valence-corrected chi connectivity index (χ3v) is 3.70. The molecule has 6 nitrogen and oxygen atoms in total. The molecular weight excluding hydrogens is 373 g/mol. The van der Waals surface area contributed by atoms with Gasteiger partial charge in [0.2, 0.25) is 0 Å². The number of carbonyl (C=O) groups excluding carboxylic acids is 1. The van der Waals surface area contributed by atoms with Gasteiger partial charge in [-0.3, -0.25) is 9.48 Å². The van der Waals surface area contributed by atoms with E-state index in [1.165, 1.54) is 0 Å². The van der Waals surface area contributed by atoms with E-state index in [0.717, 1.165) is 3.57 Å². The summed E-state index contributed by atoms with van der Waals surface area (Å²) in [6.45, 7) is 1.07. The van der Waals surface area contributed by atoms with Crippen molar-refractivity contribution in [2.24, 2.45) is 7.05 Å². The van der Waals surface area contributed by atoms with E-state index in [4.69, 9.17) is 9.47 Å². The zero-order valence-corrected chi connectivity index (χ0v) is 12.9. The number of halogens is 1. The molecule has 1 aliphatic rings. The topological polar surface area (TPSA) is 65.4 Å². The van der Waals surface area contributed by atoms with Gasteiger partial charge in [0.25, 0.3) is 5.91 Å². The van der Waals surface area contributed by atoms with Crippen molar-refractivity contribution in [2.45, 2.75) is 0 Å². The van der Waals surface area contributed by atoms with Crippen molar-refractivity contribution < 1.29 is 14.3 Å². The molecule has 0 radical (unpaired) electrons. The van der Waals surface area contributed by atoms with Crippen LogP contribution in [-0.4, -0.2) is 28.9 Å². The zero-order valence-electron chi connectivity index (χ0n) is 10.7. The molecule has 0 saturated carbocycles. The van der Waals surface area contributed by atoms with Gasteiger partial charge in [-0.2, -0.15) is 5.10 Å². The second kappa shape index (κ2) is 5.31. The Morgan fingerprint density at radius 1 is 1.35 bits per heavy atom. The number of hydrogen-bond donors (Lipinski definition) is 1. The van der Waals surface area contributed by atoms with Gasteiger partial charge in [0.1, 0.15) is 18.9 Å². The van der Waals surface area contributed by atoms with Crippen LogP contribution >= 0.6 is 22.6 Å². The van der Waals surface area contributed by atoms with Crippen LogP contribution in [-0.2, 0) is 7.05 Å². The summed E-state index contributed by atoms with van der Waals surface area (Å²) in [6, 6.07) is 5.34. The van der Waals surface area contributed by atoms with Gasteiger partial charge in [-0.25, -0.2) is 0 Å². The first kappa shape index (κ1) is 13.2. The molecule has 1 aromatic carbocycles. The van der Waals surface area contributed by atoms with Gasteiger partial charge in [-0.1, -0.05) is 0 Å². The molecule has 0 fully saturated rings. The summed E-state index contributed by atoms with van der Waals surface area (Å²) in [7, 11) is 1.74. The number of aryl methyl sites for hydroxylation is 1. The van der Waals surface area contributed by atoms with Crippen LogP contribution in [0.4, 0.5) is 5.69 Å². The van der Waals surface area contributed by atoms with Crippen molar-refractivity contribution in [1.82, 2.24) is 9.78 Å². The van der Waals surface area contributed by atoms with Crippen LogP contribution in [0.15, 0.2) is 24.4 Å². The Balaban J connectivity index is 1.83. The number of amides is 1. The summed E-state index contributed by atoms with van der Waals surface area (Å²) in [5, 5.41) is 6.89. The van der Waals surface area contributed by atoms with Crippen LogP contribution in [0.1, 0.15) is 10.5 Å². The quantitative estimate of drug-likeness (QED) is 0.804. The molecule has 2 heterocycles. The molecule has 3 rings (SSSR count). The third kappa shape index (κ3) is 2.45. The van der Waals surface area contributed by atoms with Gasteiger partial charge < -0.3 is 14.8 Å². The maximum atomic E-state index is 12.2. The lowest BCUT2D eigenvalue weighted by Gasteiger charge is -2.19. The predicted octanol–water partition coefficient (Wildman–Crippen LogP) is 2.05. The first-order valence-corrected chi connectivity index (χ1v) is 7.11. The summed E-state index contributed by atoms with van der Waals surface area (Å²) in [5.74, 6) is 1.14. The minimum Gasteiger partial charge on any atom is -0.486 e. The third-order valence-electron chi connectivity index (χ3n) is 2.91. The fourth-order valence-electron chi connectivity index (χ4n) is 1.98. The van der Waals surface area contributed by atoms with E-state index in [-0.39, 0.29) is 5.91 Å². The van der Waals surface area contributed by atoms with Crippen molar-refractivity contribution in [3.8, 4) is 11.5 Å². The average Bonchev–Trinajstić information content (AvgIpc) is 2.78. The highest BCUT2D eigenvalue weighted by Crippen LogP contribution is 2.32. The molecule has 1 aromatic heterocycles. The second-order valence-corrected chi connectivity index (χ2v) is 5.44. The minimum absolute atomic E-state index is 0.203. The maximum Gasteiger partial charge on any atom is 0.275 e. The number of aromatic nitrogens is 2. The molecule has 1 aliphatic heterocycles. The van der Waals surface area contributed by atoms with E-state index >= 15 is 0 Å². The lowest BCUT2D eigenvalue weighted by molar-refractivity contribution is 0.101. The van der Waals surface area contributed by atoms with Crippen molar-refractivity contribution in [3.05, 3.63) is 33.7 Å². The molecule has 20 heavy (non-hydrogen) atoms. The molecule has 2 aromatic rings. The molecule has 0 atom stereocenters. The number of fused-ring (bicyclic) bond motifs is 1. The Labute approximate surface area is 129 Å². The Morgan fingerprint density at radius 3 is 2.80 bits per heavy atom. The average molecular weight is 385 g/mol. The van der Waals surface area contributed by atoms with Gasteiger partial charge in [-0.05, 0) is 34.7 Å². The summed E-state index contributed by atoms with van der Waals surface area (Å²) >= 11 is 2.08. The van der Waals surface area contributed by atoms with Gasteiger partial charge in [0, 0.05) is 18.8 Å². The molecular formula is C13H12IN3O3. The number of carbonyl (C=O) groups is 1. The van der Waals surface area contributed by atoms with Crippen LogP contribution in [0.2, 0.25) is 0 Å². The zero-order chi connectivity index (χ0) is 14.1. The van der Waals surface area contributed by atoms with Crippen molar-refractivity contribution >= 4 is 34.2 Å². The van der Waals surface area contributed by atoms with Gasteiger partial charge in [-0.15, -0.1) is 0 Å². The van der Waals surface area contributed by atoms with Crippen LogP contribution in [0, 0.1) is 3.57 Å². The molecule has 0 unspecified atom stereocenters. The summed E-state index contributed by atoms with van der Waals surface area (Å²) in [6.07, 6.45) is 1.65. The van der Waals surface area contributed by atoms with Crippen LogP contribution < -0.4 is 14.8 Å². The highest BCUT2D eigenvalue weighted by molar-refractivity contribution is 14.1. The fourth-order valence-corrected chi connectivity index (χ4v) is 2.70. The van der Waals surface area contributed by atoms with Crippen LogP contribution in [0.25, 0.3) is 0 Å². The lowest BCUT2D eigenvalue weighted by Crippen LogP contribution is -2.18. The summed E-state index contributed by atoms with van der Waals surface area (Å²) in [5.41, 5.74) is 1.19. The van der Waals surface area contributed by atoms with E-state index in [1.807, 2.05) is 0 Å². The van der Waals surface area contributed by atoms with Crippen LogP contribution in [0.3, 0.4) is 0 Å². The number of hydrogen-bond acceptors (Lipinski definition) is 4. The van der Waals surface area contributed by atoms with E-state index in [2.05, 4.69) is 33.0 Å². The molecule has 1 N–H and O–H groups in total. The van der Waals surface area contributed by atoms with E-state index in [0.29, 0.717) is 36.1 Å². The number of ether oxygens (including phenoxy) is 2. The highest BCUT2D eigenvalue weighted by atomic mass is 127. The molecule has 0 saturated heterocycles. The summed E-state index contributed by atoms with van der Waals surface area (Å²) in [4.78, 5) is 12.2. The highest BCUT2D eigenvalue weighted by Gasteiger charge is 2.17. The molecule has 0 spiro atoms. The maximum absolute atomic E-state index is 12.2. The van der Waals surface area contributed by atoms with E-state index in [1.54, 1.807) is 36.1 Å². The van der Waals surface area contributed by atoms with Crippen molar-refractivity contribution in [1.29, 1.82) is 0 Å². The van der Waals surface area contributed by atoms with Gasteiger partial charge in [0.05, 0.1) is 9.77 Å². The molecule has 1 amide bonds. The fraction of sp³-hybridized carbons (Fsp3) is 0.231. The Bertz CT molecular complexity index is 649. The second-order valence-electron chi connectivity index (χ2n) is 4.28. The van der Waals surface area contributed by atoms with Crippen LogP contribution in [0.5, 0.6) is 11.5 Å². The van der Waals surface area contributed by atoms with Crippen molar-refractivity contribution in [2.75, 3.05) is 18.5 Å². The van der Waals surface area contributed by atoms with E-state index < -0.39 is 0 Å². The molecule has 7 heteroatoms. The predicted molar refractivity (Wildman–Crippen MR) is 81.3 cm³/mol. The van der Waals surface area contributed by atoms with Crippen molar-refractivity contribution in [3.63, 3.8) is 0 Å². The smallest absolute Gasteiger partial charge is 0.275 e. The lowest BCUT2D eigenvalue weighted by atomic mass is 10.2. The number of rotatable bonds is 2. The minimum atomic E-state index is -0.203. The number of benzene rings is 1. The SMILES string of the molecule is Cn1ncc(I)c1C(=O)Nc1ccc2c(c1)OCCO2.